The molecule has 2 nitrogen and oxygen atoms in total. The lowest BCUT2D eigenvalue weighted by molar-refractivity contribution is -0.134. The number of carbonyl (C=O) groups excluding carboxylic acids is 1. The van der Waals surface area contributed by atoms with E-state index in [-0.39, 0.29) is 11.4 Å². The number of benzene rings is 2. The largest absolute Gasteiger partial charge is 0.427 e. The van der Waals surface area contributed by atoms with Crippen LogP contribution in [0.3, 0.4) is 0 Å². The molecule has 0 aliphatic rings. The van der Waals surface area contributed by atoms with Crippen LogP contribution in [-0.4, -0.2) is 5.97 Å². The smallest absolute Gasteiger partial charge is 0.311 e. The van der Waals surface area contributed by atoms with E-state index in [1.54, 1.807) is 0 Å². The third kappa shape index (κ3) is 5.24. The van der Waals surface area contributed by atoms with Gasteiger partial charge >= 0.3 is 5.97 Å². The molecule has 0 atom stereocenters. The van der Waals surface area contributed by atoms with Crippen molar-refractivity contribution in [3.63, 3.8) is 0 Å². The van der Waals surface area contributed by atoms with Crippen molar-refractivity contribution in [3.8, 4) is 5.75 Å². The molecule has 0 spiro atoms. The Balaban J connectivity index is 1.91. The number of rotatable bonds is 4. The zero-order chi connectivity index (χ0) is 17.0. The van der Waals surface area contributed by atoms with Crippen LogP contribution in [0.1, 0.15) is 49.4 Å². The van der Waals surface area contributed by atoms with Crippen LogP contribution < -0.4 is 4.74 Å². The maximum atomic E-state index is 12.0. The van der Waals surface area contributed by atoms with Gasteiger partial charge in [0.2, 0.25) is 0 Å². The molecule has 0 bridgehead atoms. The van der Waals surface area contributed by atoms with Crippen LogP contribution in [0.25, 0.3) is 0 Å². The summed E-state index contributed by atoms with van der Waals surface area (Å²) in [6.45, 7) is 10.6. The summed E-state index contributed by atoms with van der Waals surface area (Å²) in [6.07, 6.45) is 1.09. The molecule has 2 heteroatoms. The van der Waals surface area contributed by atoms with Gasteiger partial charge in [0.15, 0.2) is 0 Å². The molecule has 0 amide bonds. The molecule has 0 radical (unpaired) electrons. The first-order valence-electron chi connectivity index (χ1n) is 8.12. The Morgan fingerprint density at radius 2 is 1.52 bits per heavy atom. The van der Waals surface area contributed by atoms with Crippen molar-refractivity contribution in [2.45, 2.75) is 52.9 Å². The standard InChI is InChI=1S/C21H26O2/c1-15-12-16(2)14-19(13-15)23-20(22)11-8-17-6-9-18(10-7-17)21(3,4)5/h6-7,9-10,12-14H,8,11H2,1-5H3. The van der Waals surface area contributed by atoms with Crippen molar-refractivity contribution in [1.82, 2.24) is 0 Å². The van der Waals surface area contributed by atoms with Gasteiger partial charge in [-0.2, -0.15) is 0 Å². The first kappa shape index (κ1) is 17.3. The highest BCUT2D eigenvalue weighted by Crippen LogP contribution is 2.22. The van der Waals surface area contributed by atoms with E-state index in [2.05, 4.69) is 51.1 Å². The highest BCUT2D eigenvalue weighted by Gasteiger charge is 2.13. The lowest BCUT2D eigenvalue weighted by atomic mass is 9.86. The molecule has 0 saturated heterocycles. The lowest BCUT2D eigenvalue weighted by Gasteiger charge is -2.19. The quantitative estimate of drug-likeness (QED) is 0.577. The molecule has 0 aliphatic carbocycles. The normalized spacial score (nSPS) is 11.3. The second kappa shape index (κ2) is 6.99. The first-order valence-corrected chi connectivity index (χ1v) is 8.12. The van der Waals surface area contributed by atoms with E-state index >= 15 is 0 Å². The minimum atomic E-state index is -0.185. The van der Waals surface area contributed by atoms with Crippen LogP contribution in [0.5, 0.6) is 5.75 Å². The summed E-state index contributed by atoms with van der Waals surface area (Å²) in [6, 6.07) is 14.3. The Bertz CT molecular complexity index is 656. The van der Waals surface area contributed by atoms with Crippen molar-refractivity contribution in [2.75, 3.05) is 0 Å². The van der Waals surface area contributed by atoms with Gasteiger partial charge in [0.1, 0.15) is 5.75 Å². The molecule has 0 N–H and O–H groups in total. The molecule has 0 fully saturated rings. The zero-order valence-corrected chi connectivity index (χ0v) is 14.8. The minimum absolute atomic E-state index is 0.153. The van der Waals surface area contributed by atoms with Gasteiger partial charge in [-0.05, 0) is 60.1 Å². The predicted octanol–water partition coefficient (Wildman–Crippen LogP) is 5.14. The first-order chi connectivity index (χ1) is 10.7. The summed E-state index contributed by atoms with van der Waals surface area (Å²) >= 11 is 0. The number of ether oxygens (including phenoxy) is 1. The number of hydrogen-bond donors (Lipinski definition) is 0. The molecule has 0 unspecified atom stereocenters. The van der Waals surface area contributed by atoms with Crippen LogP contribution in [0.2, 0.25) is 0 Å². The second-order valence-corrected chi connectivity index (χ2v) is 7.24. The summed E-state index contributed by atoms with van der Waals surface area (Å²) in [5.74, 6) is 0.450. The Morgan fingerprint density at radius 3 is 2.04 bits per heavy atom. The summed E-state index contributed by atoms with van der Waals surface area (Å²) < 4.78 is 5.44. The van der Waals surface area contributed by atoms with Crippen LogP contribution >= 0.6 is 0 Å². The van der Waals surface area contributed by atoms with E-state index in [1.807, 2.05) is 26.0 Å². The van der Waals surface area contributed by atoms with Crippen LogP contribution in [0.4, 0.5) is 0 Å². The van der Waals surface area contributed by atoms with Gasteiger partial charge in [0.25, 0.3) is 0 Å². The second-order valence-electron chi connectivity index (χ2n) is 7.24. The van der Waals surface area contributed by atoms with Crippen LogP contribution in [-0.2, 0) is 16.6 Å². The topological polar surface area (TPSA) is 26.3 Å². The molecule has 122 valence electrons. The van der Waals surface area contributed by atoms with Crippen molar-refractivity contribution < 1.29 is 9.53 Å². The monoisotopic (exact) mass is 310 g/mol. The average Bonchev–Trinajstić information content (AvgIpc) is 2.43. The molecule has 0 aromatic heterocycles. The number of hydrogen-bond acceptors (Lipinski definition) is 2. The molecule has 2 aromatic rings. The van der Waals surface area contributed by atoms with Crippen molar-refractivity contribution >= 4 is 5.97 Å². The van der Waals surface area contributed by atoms with Gasteiger partial charge in [-0.1, -0.05) is 51.1 Å². The SMILES string of the molecule is Cc1cc(C)cc(OC(=O)CCc2ccc(C(C)(C)C)cc2)c1. The third-order valence-corrected chi connectivity index (χ3v) is 3.86. The Kier molecular flexibility index (Phi) is 5.25. The van der Waals surface area contributed by atoms with Crippen LogP contribution in [0, 0.1) is 13.8 Å². The highest BCUT2D eigenvalue weighted by atomic mass is 16.5. The van der Waals surface area contributed by atoms with E-state index in [4.69, 9.17) is 4.74 Å². The predicted molar refractivity (Wildman–Crippen MR) is 95.0 cm³/mol. The fourth-order valence-corrected chi connectivity index (χ4v) is 2.59. The summed E-state index contributed by atoms with van der Waals surface area (Å²) in [5, 5.41) is 0. The summed E-state index contributed by atoms with van der Waals surface area (Å²) in [5.41, 5.74) is 4.83. The molecule has 0 heterocycles. The van der Waals surface area contributed by atoms with E-state index in [0.717, 1.165) is 16.7 Å². The van der Waals surface area contributed by atoms with Gasteiger partial charge in [0.05, 0.1) is 0 Å². The molecular formula is C21H26O2. The fraction of sp³-hybridized carbons (Fsp3) is 0.381. The van der Waals surface area contributed by atoms with Gasteiger partial charge in [0, 0.05) is 6.42 Å². The van der Waals surface area contributed by atoms with Gasteiger partial charge < -0.3 is 4.74 Å². The molecule has 0 saturated carbocycles. The molecule has 0 aliphatic heterocycles. The van der Waals surface area contributed by atoms with Gasteiger partial charge in [-0.25, -0.2) is 0 Å². The zero-order valence-electron chi connectivity index (χ0n) is 14.8. The Hall–Kier alpha value is -2.09. The average molecular weight is 310 g/mol. The fourth-order valence-electron chi connectivity index (χ4n) is 2.59. The Morgan fingerprint density at radius 1 is 0.957 bits per heavy atom. The summed E-state index contributed by atoms with van der Waals surface area (Å²) in [7, 11) is 0. The van der Waals surface area contributed by atoms with Gasteiger partial charge in [-0.3, -0.25) is 4.79 Å². The van der Waals surface area contributed by atoms with E-state index in [1.165, 1.54) is 5.56 Å². The number of aryl methyl sites for hydroxylation is 3. The van der Waals surface area contributed by atoms with Crippen molar-refractivity contribution in [1.29, 1.82) is 0 Å². The molecular weight excluding hydrogens is 284 g/mol. The minimum Gasteiger partial charge on any atom is -0.427 e. The van der Waals surface area contributed by atoms with Crippen molar-refractivity contribution in [2.24, 2.45) is 0 Å². The van der Waals surface area contributed by atoms with Crippen molar-refractivity contribution in [3.05, 3.63) is 64.7 Å². The third-order valence-electron chi connectivity index (χ3n) is 3.86. The Labute approximate surface area is 139 Å². The highest BCUT2D eigenvalue weighted by molar-refractivity contribution is 5.72. The maximum Gasteiger partial charge on any atom is 0.311 e. The lowest BCUT2D eigenvalue weighted by Crippen LogP contribution is -2.11. The number of esters is 1. The molecule has 2 rings (SSSR count). The van der Waals surface area contributed by atoms with Gasteiger partial charge in [-0.15, -0.1) is 0 Å². The van der Waals surface area contributed by atoms with E-state index < -0.39 is 0 Å². The molecule has 2 aromatic carbocycles. The summed E-state index contributed by atoms with van der Waals surface area (Å²) in [4.78, 5) is 12.0. The maximum absolute atomic E-state index is 12.0. The van der Waals surface area contributed by atoms with E-state index in [9.17, 15) is 4.79 Å². The van der Waals surface area contributed by atoms with Crippen LogP contribution in [0.15, 0.2) is 42.5 Å². The molecule has 23 heavy (non-hydrogen) atoms. The number of carbonyl (C=O) groups is 1. The van der Waals surface area contributed by atoms with E-state index in [0.29, 0.717) is 18.6 Å².